The van der Waals surface area contributed by atoms with Crippen LogP contribution in [0, 0.1) is 0 Å². The van der Waals surface area contributed by atoms with Gasteiger partial charge < -0.3 is 19.9 Å². The fraction of sp³-hybridized carbons (Fsp3) is 0.250. The van der Waals surface area contributed by atoms with Gasteiger partial charge in [-0.2, -0.15) is 4.99 Å². The first kappa shape index (κ1) is 25.3. The van der Waals surface area contributed by atoms with Gasteiger partial charge in [-0.05, 0) is 72.0 Å². The van der Waals surface area contributed by atoms with Crippen molar-refractivity contribution in [3.63, 3.8) is 0 Å². The zero-order chi connectivity index (χ0) is 25.5. The smallest absolute Gasteiger partial charge is 0.307 e. The van der Waals surface area contributed by atoms with Crippen molar-refractivity contribution in [2.45, 2.75) is 33.1 Å². The fourth-order valence-electron chi connectivity index (χ4n) is 3.69. The maximum Gasteiger partial charge on any atom is 0.307 e. The Hall–Kier alpha value is -3.78. The molecule has 0 radical (unpaired) electrons. The number of amidine groups is 1. The van der Waals surface area contributed by atoms with Crippen LogP contribution in [0.5, 0.6) is 11.5 Å². The van der Waals surface area contributed by atoms with Crippen LogP contribution in [-0.4, -0.2) is 35.4 Å². The zero-order valence-corrected chi connectivity index (χ0v) is 21.1. The van der Waals surface area contributed by atoms with Crippen molar-refractivity contribution >= 4 is 51.3 Å². The Morgan fingerprint density at radius 2 is 1.75 bits per heavy atom. The van der Waals surface area contributed by atoms with E-state index in [0.717, 1.165) is 40.6 Å². The molecule has 0 unspecified atom stereocenters. The van der Waals surface area contributed by atoms with E-state index in [9.17, 15) is 9.59 Å². The average Bonchev–Trinajstić information content (AvgIpc) is 3.20. The number of anilines is 1. The number of benzene rings is 3. The van der Waals surface area contributed by atoms with Gasteiger partial charge in [-0.15, -0.1) is 0 Å². The first-order valence-electron chi connectivity index (χ1n) is 11.9. The number of aliphatic carboxylic acids is 1. The van der Waals surface area contributed by atoms with Gasteiger partial charge in [0.25, 0.3) is 5.91 Å². The molecule has 1 amide bonds. The average molecular weight is 505 g/mol. The molecular weight excluding hydrogens is 476 g/mol. The molecule has 7 nitrogen and oxygen atoms in total. The number of nitrogens with zero attached hydrogens (tertiary/aromatic N) is 1. The highest BCUT2D eigenvalue weighted by atomic mass is 32.2. The van der Waals surface area contributed by atoms with E-state index in [1.807, 2.05) is 43.3 Å². The highest BCUT2D eigenvalue weighted by Crippen LogP contribution is 2.36. The van der Waals surface area contributed by atoms with E-state index < -0.39 is 5.97 Å². The number of aliphatic imine (C=N–C) groups is 1. The molecule has 0 atom stereocenters. The minimum atomic E-state index is -0.882. The Morgan fingerprint density at radius 1 is 1.03 bits per heavy atom. The van der Waals surface area contributed by atoms with E-state index in [2.05, 4.69) is 17.2 Å². The zero-order valence-electron chi connectivity index (χ0n) is 20.2. The number of carbonyl (C=O) groups excluding carboxylic acids is 1. The molecule has 36 heavy (non-hydrogen) atoms. The van der Waals surface area contributed by atoms with Crippen LogP contribution in [0.25, 0.3) is 16.8 Å². The minimum absolute atomic E-state index is 0.0399. The molecule has 0 saturated heterocycles. The number of fused-ring (bicyclic) bond motifs is 1. The summed E-state index contributed by atoms with van der Waals surface area (Å²) in [7, 11) is 0. The van der Waals surface area contributed by atoms with Crippen molar-refractivity contribution < 1.29 is 24.2 Å². The number of carboxylic acids is 1. The van der Waals surface area contributed by atoms with Crippen molar-refractivity contribution in [2.24, 2.45) is 4.99 Å². The number of carbonyl (C=O) groups is 2. The first-order chi connectivity index (χ1) is 17.5. The molecule has 1 aliphatic rings. The van der Waals surface area contributed by atoms with Crippen LogP contribution < -0.4 is 14.8 Å². The second kappa shape index (κ2) is 11.8. The summed E-state index contributed by atoms with van der Waals surface area (Å²) in [5.41, 5.74) is 2.22. The third-order valence-electron chi connectivity index (χ3n) is 5.36. The molecule has 1 heterocycles. The number of nitrogens with one attached hydrogen (secondary N) is 1. The number of rotatable bonds is 10. The van der Waals surface area contributed by atoms with E-state index in [-0.39, 0.29) is 12.3 Å². The largest absolute Gasteiger partial charge is 0.493 e. The van der Waals surface area contributed by atoms with Gasteiger partial charge in [-0.1, -0.05) is 38.1 Å². The van der Waals surface area contributed by atoms with Crippen LogP contribution >= 0.6 is 11.8 Å². The lowest BCUT2D eigenvalue weighted by molar-refractivity contribution is -0.136. The number of thioether (sulfide) groups is 1. The highest BCUT2D eigenvalue weighted by molar-refractivity contribution is 8.18. The number of amides is 1. The van der Waals surface area contributed by atoms with E-state index in [1.165, 1.54) is 11.8 Å². The lowest BCUT2D eigenvalue weighted by Gasteiger charge is -2.14. The van der Waals surface area contributed by atoms with Crippen LogP contribution in [0.2, 0.25) is 0 Å². The Bertz CT molecular complexity index is 1330. The summed E-state index contributed by atoms with van der Waals surface area (Å²) >= 11 is 1.25. The summed E-state index contributed by atoms with van der Waals surface area (Å²) < 4.78 is 12.0. The van der Waals surface area contributed by atoms with Gasteiger partial charge in [0.1, 0.15) is 11.5 Å². The van der Waals surface area contributed by atoms with Gasteiger partial charge in [-0.25, -0.2) is 0 Å². The maximum atomic E-state index is 12.7. The van der Waals surface area contributed by atoms with Gasteiger partial charge in [0.05, 0.1) is 24.5 Å². The molecule has 186 valence electrons. The SMILES string of the molecule is CCCOc1cc2c(OCCC)cccc2cc1/C=C1/SC(Nc2ccc(CC(=O)O)cc2)=NC1=O. The number of ether oxygens (including phenoxy) is 2. The van der Waals surface area contributed by atoms with Gasteiger partial charge in [0.15, 0.2) is 5.17 Å². The molecule has 8 heteroatoms. The second-order valence-corrected chi connectivity index (χ2v) is 9.32. The molecule has 4 rings (SSSR count). The van der Waals surface area contributed by atoms with Gasteiger partial charge >= 0.3 is 5.97 Å². The summed E-state index contributed by atoms with van der Waals surface area (Å²) in [5.74, 6) is 0.290. The van der Waals surface area contributed by atoms with Crippen LogP contribution in [0.1, 0.15) is 37.8 Å². The Balaban J connectivity index is 1.57. The predicted octanol–water partition coefficient (Wildman–Crippen LogP) is 6.13. The van der Waals surface area contributed by atoms with Gasteiger partial charge in [0, 0.05) is 16.6 Å². The van der Waals surface area contributed by atoms with Crippen LogP contribution in [0.15, 0.2) is 64.5 Å². The third-order valence-corrected chi connectivity index (χ3v) is 6.26. The third kappa shape index (κ3) is 6.26. The summed E-state index contributed by atoms with van der Waals surface area (Å²) in [6.07, 6.45) is 3.55. The van der Waals surface area contributed by atoms with Crippen LogP contribution in [0.4, 0.5) is 5.69 Å². The second-order valence-electron chi connectivity index (χ2n) is 8.29. The summed E-state index contributed by atoms with van der Waals surface area (Å²) in [6, 6.07) is 16.9. The van der Waals surface area contributed by atoms with Crippen LogP contribution in [-0.2, 0) is 16.0 Å². The summed E-state index contributed by atoms with van der Waals surface area (Å²) in [5, 5.41) is 14.5. The Morgan fingerprint density at radius 3 is 2.44 bits per heavy atom. The quantitative estimate of drug-likeness (QED) is 0.321. The monoisotopic (exact) mass is 504 g/mol. The molecule has 0 aliphatic carbocycles. The fourth-order valence-corrected chi connectivity index (χ4v) is 4.51. The number of hydrogen-bond donors (Lipinski definition) is 2. The van der Waals surface area contributed by atoms with E-state index in [1.54, 1.807) is 24.3 Å². The van der Waals surface area contributed by atoms with Crippen molar-refractivity contribution in [3.8, 4) is 11.5 Å². The minimum Gasteiger partial charge on any atom is -0.493 e. The molecule has 3 aromatic carbocycles. The molecule has 0 spiro atoms. The van der Waals surface area contributed by atoms with E-state index >= 15 is 0 Å². The Kier molecular flexibility index (Phi) is 8.28. The molecule has 0 saturated carbocycles. The molecule has 3 aromatic rings. The van der Waals surface area contributed by atoms with Crippen molar-refractivity contribution in [3.05, 3.63) is 70.6 Å². The van der Waals surface area contributed by atoms with Gasteiger partial charge in [-0.3, -0.25) is 9.59 Å². The number of hydrogen-bond acceptors (Lipinski definition) is 6. The lowest BCUT2D eigenvalue weighted by atomic mass is 10.0. The lowest BCUT2D eigenvalue weighted by Crippen LogP contribution is -2.05. The Labute approximate surface area is 214 Å². The topological polar surface area (TPSA) is 97.2 Å². The predicted molar refractivity (Wildman–Crippen MR) is 145 cm³/mol. The molecule has 0 fully saturated rings. The molecule has 2 N–H and O–H groups in total. The van der Waals surface area contributed by atoms with E-state index in [0.29, 0.717) is 34.6 Å². The van der Waals surface area contributed by atoms with Crippen LogP contribution in [0.3, 0.4) is 0 Å². The van der Waals surface area contributed by atoms with E-state index in [4.69, 9.17) is 14.6 Å². The molecular formula is C28H28N2O5S. The highest BCUT2D eigenvalue weighted by Gasteiger charge is 2.23. The summed E-state index contributed by atoms with van der Waals surface area (Å²) in [6.45, 7) is 5.31. The van der Waals surface area contributed by atoms with Gasteiger partial charge in [0.2, 0.25) is 0 Å². The molecule has 1 aliphatic heterocycles. The standard InChI is InChI=1S/C28H28N2O5S/c1-3-12-34-23-7-5-6-19-15-20(24(17-22(19)23)35-13-4-2)16-25-27(33)30-28(36-25)29-21-10-8-18(9-11-21)14-26(31)32/h5-11,15-17H,3-4,12-14H2,1-2H3,(H,31,32)(H,29,30,33)/b25-16+. The van der Waals surface area contributed by atoms with Crippen molar-refractivity contribution in [1.82, 2.24) is 0 Å². The van der Waals surface area contributed by atoms with Crippen molar-refractivity contribution in [2.75, 3.05) is 18.5 Å². The molecule has 0 bridgehead atoms. The number of carboxylic acid groups (broad SMARTS) is 1. The van der Waals surface area contributed by atoms with Crippen molar-refractivity contribution in [1.29, 1.82) is 0 Å². The first-order valence-corrected chi connectivity index (χ1v) is 12.7. The normalized spacial score (nSPS) is 14.2. The maximum absolute atomic E-state index is 12.7. The molecule has 0 aromatic heterocycles. The summed E-state index contributed by atoms with van der Waals surface area (Å²) in [4.78, 5) is 28.2.